The van der Waals surface area contributed by atoms with Crippen molar-refractivity contribution in [1.29, 1.82) is 0 Å². The first-order valence-corrected chi connectivity index (χ1v) is 51.4. The number of aromatic hydroxyl groups is 2. The molecule has 0 radical (unpaired) electrons. The Kier molecular flexibility index (Phi) is 39.6. The van der Waals surface area contributed by atoms with Crippen molar-refractivity contribution in [3.63, 3.8) is 0 Å². The van der Waals surface area contributed by atoms with Crippen LogP contribution in [0.25, 0.3) is 67.3 Å². The molecule has 776 valence electrons. The minimum Gasteiger partial charge on any atom is -0.504 e. The summed E-state index contributed by atoms with van der Waals surface area (Å²) in [6.07, 6.45) is 26.5. The Bertz CT molecular complexity index is 6910. The highest BCUT2D eigenvalue weighted by Gasteiger charge is 2.35. The van der Waals surface area contributed by atoms with Crippen LogP contribution in [0.2, 0.25) is 0 Å². The number of rotatable bonds is 37. The van der Waals surface area contributed by atoms with Crippen molar-refractivity contribution >= 4 is 96.1 Å². The maximum absolute atomic E-state index is 13.7. The molecular formula is C107H119N9O29P2. The van der Waals surface area contributed by atoms with E-state index in [9.17, 15) is 68.2 Å². The fourth-order valence-electron chi connectivity index (χ4n) is 17.3. The monoisotopic (exact) mass is 2060 g/mol. The number of carbonyl (C=O) groups excluding carboxylic acids is 4. The molecule has 7 unspecified atom stereocenters. The van der Waals surface area contributed by atoms with Gasteiger partial charge in [0.2, 0.25) is 6.35 Å². The van der Waals surface area contributed by atoms with Crippen molar-refractivity contribution in [2.45, 2.75) is 198 Å². The number of aliphatic carboxylic acids is 4. The predicted octanol–water partition coefficient (Wildman–Crippen LogP) is 20.6. The summed E-state index contributed by atoms with van der Waals surface area (Å²) >= 11 is 0. The summed E-state index contributed by atoms with van der Waals surface area (Å²) in [5.41, 5.74) is 15.7. The highest BCUT2D eigenvalue weighted by Crippen LogP contribution is 2.52. The summed E-state index contributed by atoms with van der Waals surface area (Å²) in [5.74, 6) is -2.23. The van der Waals surface area contributed by atoms with Crippen LogP contribution in [0.15, 0.2) is 239 Å². The number of benzene rings is 8. The van der Waals surface area contributed by atoms with E-state index in [-0.39, 0.29) is 78.3 Å². The molecule has 147 heavy (non-hydrogen) atoms. The first kappa shape index (κ1) is 110. The third-order valence-electron chi connectivity index (χ3n) is 24.9. The SMILES string of the molecule is CCC(C)OP(=O)(COc1ccc(CC(NC(=O)c2ccc3c(c2)nc(-c2ccoc2)n3C2CCCCC2)C(=O)O)cc1OC)Oc1ccccc1.CCP(=O)(Oc1ccccc1)OC(C)C(=O)O.COc1cc(CC(N)C(=O)O)ccc1O.COc1cc(CC(NC(=O)c2ccc3c(c2)nc(-c2ccoc2)n3C2CCCCC2)C(=O)O)ccc1O.O=C(O)c1ccc2c(c1)nc(-c1ccoc1)n2C1CCCCC1.O=C=O. The number of phenols is 2. The molecule has 3 saturated carbocycles. The van der Waals surface area contributed by atoms with Crippen molar-refractivity contribution in [2.24, 2.45) is 5.73 Å². The largest absolute Gasteiger partial charge is 0.504 e. The normalized spacial score (nSPS) is 15.0. The molecule has 3 aliphatic carbocycles. The van der Waals surface area contributed by atoms with Crippen molar-refractivity contribution in [3.8, 4) is 80.2 Å². The standard InChI is InChI=1S/C39H44N3O9P.C28H29N3O6.C18H18N2O3.C11H15O5P.C10H13NO4.CO2/c1-4-26(2)50-52(46,51-31-13-9-6-10-14-31)25-49-35-18-15-27(22-36(35)47-3)21-33(39(44)45)41-38(43)28-16-17-34-32(23-28)40-37(29-19-20-48-24-29)42(34)30-11-7-5-8-12-30;1-36-25-14-17(7-10-24(25)32)13-22(28(34)35)30-27(33)18-8-9-23-21(15-18)29-26(19-11-12-37-16-19)31(23)20-5-3-2-4-6-20;21-18(22)12-6-7-16-15(10-12)19-17(13-8-9-23-11-13)20(16)14-4-2-1-3-5-14;1-3-17(14,15-9(2)11(12)13)16-10-7-5-4-6-8-10;1-15-9-5-6(2-3-8(9)12)4-7(11)10(13)14;2-1-3/h6,9-10,13-20,22-24,26,30,33H,4-5,7-8,11-12,21,25H2,1-3H3,(H,41,43)(H,44,45);7-12,14-16,20,22,32H,2-6,13H2,1H3,(H,30,33)(H,34,35);6-11,14H,1-5H2,(H,21,22);4-9H,3H2,1-2H3,(H,12,13);2-3,5,7,12H,4,11H2,1H3,(H,13,14);. The number of carbonyl (C=O) groups is 7. The van der Waals surface area contributed by atoms with E-state index in [4.69, 9.17) is 90.8 Å². The van der Waals surface area contributed by atoms with Crippen LogP contribution in [0.1, 0.15) is 196 Å². The quantitative estimate of drug-likeness (QED) is 0.0162. The van der Waals surface area contributed by atoms with E-state index >= 15 is 0 Å². The number of para-hydroxylation sites is 2. The molecular weight excluding hydrogens is 1940 g/mol. The molecule has 14 aromatic rings. The van der Waals surface area contributed by atoms with Crippen LogP contribution in [-0.4, -0.2) is 176 Å². The Hall–Kier alpha value is -15.6. The molecule has 0 saturated heterocycles. The van der Waals surface area contributed by atoms with Gasteiger partial charge in [-0.1, -0.05) is 126 Å². The zero-order valence-electron chi connectivity index (χ0n) is 82.1. The van der Waals surface area contributed by atoms with Crippen molar-refractivity contribution in [1.82, 2.24) is 39.3 Å². The number of amides is 2. The molecule has 3 aliphatic rings. The lowest BCUT2D eigenvalue weighted by molar-refractivity contribution is -0.192. The van der Waals surface area contributed by atoms with Gasteiger partial charge in [0, 0.05) is 42.1 Å². The van der Waals surface area contributed by atoms with E-state index in [1.807, 2.05) is 49.4 Å². The van der Waals surface area contributed by atoms with Crippen LogP contribution >= 0.6 is 15.2 Å². The number of hydrogen-bond donors (Lipinski definition) is 10. The average Bonchev–Trinajstić information content (AvgIpc) is 1.62. The number of aromatic carboxylic acids is 1. The van der Waals surface area contributed by atoms with Gasteiger partial charge in [0.25, 0.3) is 11.8 Å². The van der Waals surface area contributed by atoms with Gasteiger partial charge in [0.1, 0.15) is 65.9 Å². The van der Waals surface area contributed by atoms with Gasteiger partial charge in [-0.05, 0) is 215 Å². The fourth-order valence-corrected chi connectivity index (χ4v) is 20.2. The lowest BCUT2D eigenvalue weighted by Gasteiger charge is -2.25. The van der Waals surface area contributed by atoms with Gasteiger partial charge >= 0.3 is 51.2 Å². The number of carboxylic acids is 5. The van der Waals surface area contributed by atoms with Gasteiger partial charge < -0.3 is 107 Å². The Morgan fingerprint density at radius 3 is 1.16 bits per heavy atom. The molecule has 0 aliphatic heterocycles. The average molecular weight is 2060 g/mol. The molecule has 17 rings (SSSR count). The maximum Gasteiger partial charge on any atom is 0.416 e. The number of ether oxygens (including phenoxy) is 4. The van der Waals surface area contributed by atoms with Gasteiger partial charge in [-0.3, -0.25) is 23.4 Å². The van der Waals surface area contributed by atoms with Gasteiger partial charge in [0.15, 0.2) is 40.6 Å². The van der Waals surface area contributed by atoms with Crippen LogP contribution in [0.4, 0.5) is 0 Å². The second-order valence-corrected chi connectivity index (χ2v) is 39.3. The molecule has 3 fully saturated rings. The van der Waals surface area contributed by atoms with Crippen molar-refractivity contribution < 1.29 is 138 Å². The minimum atomic E-state index is -3.75. The van der Waals surface area contributed by atoms with Crippen LogP contribution in [-0.2, 0) is 66.2 Å². The molecule has 0 bridgehead atoms. The van der Waals surface area contributed by atoms with E-state index in [0.717, 1.165) is 108 Å². The van der Waals surface area contributed by atoms with Crippen molar-refractivity contribution in [2.75, 3.05) is 33.8 Å². The van der Waals surface area contributed by atoms with Crippen LogP contribution in [0.5, 0.6) is 46.0 Å². The van der Waals surface area contributed by atoms with E-state index < -0.39 is 81.1 Å². The molecule has 0 spiro atoms. The smallest absolute Gasteiger partial charge is 0.416 e. The Balaban J connectivity index is 0.000000175. The highest BCUT2D eigenvalue weighted by atomic mass is 31.2. The number of nitrogens with two attached hydrogens (primary N) is 1. The zero-order valence-corrected chi connectivity index (χ0v) is 83.9. The van der Waals surface area contributed by atoms with Gasteiger partial charge in [-0.2, -0.15) is 9.59 Å². The van der Waals surface area contributed by atoms with Crippen molar-refractivity contribution in [3.05, 3.63) is 259 Å². The molecule has 11 N–H and O–H groups in total. The minimum absolute atomic E-state index is 0.0187. The first-order valence-electron chi connectivity index (χ1n) is 48.0. The number of furan rings is 3. The number of phenolic OH excluding ortho intramolecular Hbond substituents is 2. The number of aromatic nitrogens is 6. The predicted molar refractivity (Wildman–Crippen MR) is 542 cm³/mol. The molecule has 6 aromatic heterocycles. The number of methoxy groups -OCH3 is 3. The number of imidazole rings is 3. The lowest BCUT2D eigenvalue weighted by atomic mass is 9.95. The molecule has 2 amide bonds. The van der Waals surface area contributed by atoms with E-state index in [1.165, 1.54) is 85.3 Å². The molecule has 40 heteroatoms. The third kappa shape index (κ3) is 29.9. The van der Waals surface area contributed by atoms with E-state index in [0.29, 0.717) is 80.6 Å². The fraction of sp³-hybridized carbons (Fsp3) is 0.336. The summed E-state index contributed by atoms with van der Waals surface area (Å²) in [6, 6.07) is 50.4. The Morgan fingerprint density at radius 2 is 0.810 bits per heavy atom. The van der Waals surface area contributed by atoms with Crippen LogP contribution < -0.4 is 44.4 Å². The number of nitrogens with one attached hydrogen (secondary N) is 2. The summed E-state index contributed by atoms with van der Waals surface area (Å²) in [7, 11) is -2.88. The second-order valence-electron chi connectivity index (χ2n) is 35.1. The molecule has 8 aromatic carbocycles. The van der Waals surface area contributed by atoms with Crippen LogP contribution in [0, 0.1) is 0 Å². The van der Waals surface area contributed by atoms with Gasteiger partial charge in [-0.25, -0.2) is 43.3 Å². The lowest BCUT2D eigenvalue weighted by Crippen LogP contribution is -2.42. The number of carboxylic acid groups (broad SMARTS) is 5. The topological polar surface area (TPSA) is 546 Å². The highest BCUT2D eigenvalue weighted by molar-refractivity contribution is 7.54. The molecule has 7 atom stereocenters. The summed E-state index contributed by atoms with van der Waals surface area (Å²) in [4.78, 5) is 114. The Morgan fingerprint density at radius 1 is 0.442 bits per heavy atom. The van der Waals surface area contributed by atoms with Crippen LogP contribution in [0.3, 0.4) is 0 Å². The zero-order chi connectivity index (χ0) is 105. The number of hydrogen-bond acceptors (Lipinski definition) is 28. The Labute approximate surface area is 846 Å². The summed E-state index contributed by atoms with van der Waals surface area (Å²) < 4.78 is 91.8. The molecule has 6 heterocycles. The second kappa shape index (κ2) is 52.8. The number of fused-ring (bicyclic) bond motifs is 3. The van der Waals surface area contributed by atoms with E-state index in [2.05, 4.69) is 24.3 Å². The third-order valence-corrected chi connectivity index (χ3v) is 28.4. The first-order chi connectivity index (χ1) is 70.8. The van der Waals surface area contributed by atoms with E-state index in [1.54, 1.807) is 185 Å². The summed E-state index contributed by atoms with van der Waals surface area (Å²) in [6.45, 7) is 6.66. The number of nitrogens with zero attached hydrogens (tertiary/aromatic N) is 6. The van der Waals surface area contributed by atoms with Gasteiger partial charge in [-0.15, -0.1) is 0 Å². The summed E-state index contributed by atoms with van der Waals surface area (Å²) in [5, 5.41) is 70.8. The van der Waals surface area contributed by atoms with Gasteiger partial charge in [0.05, 0.1) is 108 Å². The maximum atomic E-state index is 13.7. The molecule has 38 nitrogen and oxygen atoms in total.